The summed E-state index contributed by atoms with van der Waals surface area (Å²) in [6.07, 6.45) is 9.26. The van der Waals surface area contributed by atoms with Gasteiger partial charge in [-0.2, -0.15) is 0 Å². The third kappa shape index (κ3) is 2.14. The molecule has 26 heavy (non-hydrogen) atoms. The second-order valence-electron chi connectivity index (χ2n) is 6.77. The van der Waals surface area contributed by atoms with E-state index in [1.807, 2.05) is 30.3 Å². The first kappa shape index (κ1) is 15.1. The van der Waals surface area contributed by atoms with Crippen molar-refractivity contribution < 1.29 is 4.79 Å². The van der Waals surface area contributed by atoms with Crippen molar-refractivity contribution in [2.75, 3.05) is 0 Å². The lowest BCUT2D eigenvalue weighted by atomic mass is 9.88. The first-order valence-electron chi connectivity index (χ1n) is 8.93. The van der Waals surface area contributed by atoms with Gasteiger partial charge in [-0.1, -0.05) is 66.7 Å². The molecule has 126 valence electrons. The fraction of sp³-hybridized carbons (Fsp3) is 0.130. The number of nitrogens with zero attached hydrogens (tertiary/aromatic N) is 2. The Morgan fingerprint density at radius 2 is 1.62 bits per heavy atom. The summed E-state index contributed by atoms with van der Waals surface area (Å²) in [6, 6.07) is 20.8. The maximum absolute atomic E-state index is 12.1. The molecule has 5 rings (SSSR count). The average Bonchev–Trinajstić information content (AvgIpc) is 3.04. The molecule has 3 heteroatoms. The molecule has 0 saturated heterocycles. The molecule has 0 bridgehead atoms. The lowest BCUT2D eigenvalue weighted by Gasteiger charge is -2.43. The average molecular weight is 338 g/mol. The maximum atomic E-state index is 12.1. The van der Waals surface area contributed by atoms with Gasteiger partial charge in [-0.05, 0) is 30.6 Å². The molecule has 2 aromatic rings. The van der Waals surface area contributed by atoms with E-state index < -0.39 is 5.66 Å². The number of carbonyl (C=O) groups excluding carboxylic acids is 1. The first-order valence-corrected chi connectivity index (χ1v) is 8.93. The van der Waals surface area contributed by atoms with Crippen molar-refractivity contribution in [3.63, 3.8) is 0 Å². The van der Waals surface area contributed by atoms with E-state index >= 15 is 0 Å². The molecule has 0 N–H and O–H groups in total. The monoisotopic (exact) mass is 338 g/mol. The van der Waals surface area contributed by atoms with Crippen molar-refractivity contribution in [3.8, 4) is 0 Å². The zero-order chi connectivity index (χ0) is 17.6. The maximum Gasteiger partial charge on any atom is 0.180 e. The Labute approximate surface area is 152 Å². The largest absolute Gasteiger partial charge is 0.310 e. The topological polar surface area (TPSA) is 32.7 Å². The molecule has 0 saturated carbocycles. The predicted molar refractivity (Wildman–Crippen MR) is 103 cm³/mol. The molecule has 0 amide bonds. The number of hydrogen-bond donors (Lipinski definition) is 0. The van der Waals surface area contributed by atoms with Crippen LogP contribution in [-0.4, -0.2) is 16.4 Å². The van der Waals surface area contributed by atoms with Crippen LogP contribution in [0.15, 0.2) is 95.7 Å². The van der Waals surface area contributed by atoms with Crippen LogP contribution < -0.4 is 0 Å². The number of hydrogen-bond acceptors (Lipinski definition) is 3. The van der Waals surface area contributed by atoms with Crippen LogP contribution in [0.25, 0.3) is 5.70 Å². The van der Waals surface area contributed by atoms with Crippen molar-refractivity contribution in [3.05, 3.63) is 102 Å². The summed E-state index contributed by atoms with van der Waals surface area (Å²) in [6.45, 7) is 0. The summed E-state index contributed by atoms with van der Waals surface area (Å²) in [5, 5.41) is 0. The van der Waals surface area contributed by atoms with E-state index in [0.717, 1.165) is 41.1 Å². The van der Waals surface area contributed by atoms with Gasteiger partial charge in [0.25, 0.3) is 0 Å². The predicted octanol–water partition coefficient (Wildman–Crippen LogP) is 4.45. The lowest BCUT2D eigenvalue weighted by molar-refractivity contribution is -0.110. The van der Waals surface area contributed by atoms with Gasteiger partial charge in [0.2, 0.25) is 0 Å². The van der Waals surface area contributed by atoms with Gasteiger partial charge in [0, 0.05) is 17.3 Å². The fourth-order valence-corrected chi connectivity index (χ4v) is 4.12. The van der Waals surface area contributed by atoms with E-state index in [9.17, 15) is 4.79 Å². The third-order valence-corrected chi connectivity index (χ3v) is 5.24. The highest BCUT2D eigenvalue weighted by molar-refractivity contribution is 6.21. The van der Waals surface area contributed by atoms with Gasteiger partial charge in [-0.15, -0.1) is 0 Å². The van der Waals surface area contributed by atoms with Crippen LogP contribution in [0.3, 0.4) is 0 Å². The SMILES string of the molecule is O=C1C=CC2=N[C@]3(c4ccccc4)CCC=C(c4ccccc4)N3C2=C1. The molecular formula is C23H18N2O. The summed E-state index contributed by atoms with van der Waals surface area (Å²) < 4.78 is 0. The van der Waals surface area contributed by atoms with Crippen LogP contribution in [0.2, 0.25) is 0 Å². The fourth-order valence-electron chi connectivity index (χ4n) is 4.12. The van der Waals surface area contributed by atoms with Crippen molar-refractivity contribution in [1.29, 1.82) is 0 Å². The van der Waals surface area contributed by atoms with E-state index in [2.05, 4.69) is 47.4 Å². The lowest BCUT2D eigenvalue weighted by Crippen LogP contribution is -2.41. The molecule has 0 unspecified atom stereocenters. The molecule has 1 aliphatic carbocycles. The molecule has 0 spiro atoms. The second-order valence-corrected chi connectivity index (χ2v) is 6.77. The minimum Gasteiger partial charge on any atom is -0.310 e. The van der Waals surface area contributed by atoms with E-state index in [1.165, 1.54) is 0 Å². The molecule has 3 aliphatic rings. The highest BCUT2D eigenvalue weighted by atomic mass is 16.1. The number of fused-ring (bicyclic) bond motifs is 3. The molecule has 1 atom stereocenters. The van der Waals surface area contributed by atoms with Crippen molar-refractivity contribution >= 4 is 17.2 Å². The Hall–Kier alpha value is -3.20. The number of benzene rings is 2. The van der Waals surface area contributed by atoms with Gasteiger partial charge in [0.05, 0.1) is 11.4 Å². The molecule has 0 radical (unpaired) electrons. The first-order chi connectivity index (χ1) is 12.8. The molecule has 2 heterocycles. The highest BCUT2D eigenvalue weighted by Gasteiger charge is 2.49. The molecule has 0 aromatic heterocycles. The van der Waals surface area contributed by atoms with Gasteiger partial charge in [0.15, 0.2) is 11.4 Å². The number of allylic oxidation sites excluding steroid dienone is 4. The zero-order valence-corrected chi connectivity index (χ0v) is 14.3. The smallest absolute Gasteiger partial charge is 0.180 e. The molecule has 2 aromatic carbocycles. The Kier molecular flexibility index (Phi) is 3.29. The molecular weight excluding hydrogens is 320 g/mol. The van der Waals surface area contributed by atoms with Crippen molar-refractivity contribution in [2.24, 2.45) is 4.99 Å². The molecule has 3 nitrogen and oxygen atoms in total. The summed E-state index contributed by atoms with van der Waals surface area (Å²) in [5.74, 6) is 0.0146. The second kappa shape index (κ2) is 5.67. The Morgan fingerprint density at radius 3 is 2.38 bits per heavy atom. The summed E-state index contributed by atoms with van der Waals surface area (Å²) >= 11 is 0. The minimum atomic E-state index is -0.489. The number of aliphatic imine (C=N–C) groups is 1. The van der Waals surface area contributed by atoms with Crippen LogP contribution in [0.1, 0.15) is 24.0 Å². The minimum absolute atomic E-state index is 0.0146. The Morgan fingerprint density at radius 1 is 0.885 bits per heavy atom. The van der Waals surface area contributed by atoms with Crippen LogP contribution in [-0.2, 0) is 10.5 Å². The van der Waals surface area contributed by atoms with Crippen molar-refractivity contribution in [1.82, 2.24) is 4.90 Å². The van der Waals surface area contributed by atoms with Crippen molar-refractivity contribution in [2.45, 2.75) is 18.5 Å². The van der Waals surface area contributed by atoms with Crippen LogP contribution in [0.4, 0.5) is 0 Å². The van der Waals surface area contributed by atoms with E-state index in [1.54, 1.807) is 12.2 Å². The summed E-state index contributed by atoms with van der Waals surface area (Å²) in [5.41, 5.74) is 4.72. The normalized spacial score (nSPS) is 23.8. The van der Waals surface area contributed by atoms with Gasteiger partial charge >= 0.3 is 0 Å². The summed E-state index contributed by atoms with van der Waals surface area (Å²) in [4.78, 5) is 19.5. The highest BCUT2D eigenvalue weighted by Crippen LogP contribution is 2.50. The number of ketones is 1. The van der Waals surface area contributed by atoms with E-state index in [0.29, 0.717) is 0 Å². The Bertz CT molecular complexity index is 999. The van der Waals surface area contributed by atoms with Crippen LogP contribution in [0.5, 0.6) is 0 Å². The molecule has 2 aliphatic heterocycles. The quantitative estimate of drug-likeness (QED) is 0.758. The third-order valence-electron chi connectivity index (χ3n) is 5.24. The Balaban J connectivity index is 1.75. The van der Waals surface area contributed by atoms with Gasteiger partial charge in [0.1, 0.15) is 0 Å². The number of carbonyl (C=O) groups is 1. The van der Waals surface area contributed by atoms with E-state index in [-0.39, 0.29) is 5.78 Å². The van der Waals surface area contributed by atoms with E-state index in [4.69, 9.17) is 4.99 Å². The standard InChI is InChI=1S/C23H18N2O/c26-19-13-14-20-22(16-19)25-21(17-8-3-1-4-9-17)12-7-15-23(25,24-20)18-10-5-2-6-11-18/h1-6,8-14,16H,7,15H2/t23-/m1/s1. The summed E-state index contributed by atoms with van der Waals surface area (Å²) in [7, 11) is 0. The van der Waals surface area contributed by atoms with Gasteiger partial charge < -0.3 is 4.90 Å². The van der Waals surface area contributed by atoms with Gasteiger partial charge in [-0.25, -0.2) is 0 Å². The molecule has 0 fully saturated rings. The van der Waals surface area contributed by atoms with Gasteiger partial charge in [-0.3, -0.25) is 9.79 Å². The number of rotatable bonds is 2. The zero-order valence-electron chi connectivity index (χ0n) is 14.3. The van der Waals surface area contributed by atoms with Crippen LogP contribution in [0, 0.1) is 0 Å². The van der Waals surface area contributed by atoms with Crippen LogP contribution >= 0.6 is 0 Å².